The standard InChI is InChI=1S/C22H15ClF2N4O3/c23-14-3-5-16-19(8-14)28(12-20(30)27-11-13-2-1-7-26-10-13)22(32)29(21(16)31)18-6-4-15(24)9-17(18)25/h1-10H,11-12H2,(H,27,30). The summed E-state index contributed by atoms with van der Waals surface area (Å²) in [7, 11) is 0. The molecular formula is C22H15ClF2N4O3. The van der Waals surface area contributed by atoms with Crippen molar-refractivity contribution < 1.29 is 13.6 Å². The van der Waals surface area contributed by atoms with Crippen molar-refractivity contribution in [2.45, 2.75) is 13.1 Å². The number of nitrogens with zero attached hydrogens (tertiary/aromatic N) is 3. The Morgan fingerprint density at radius 3 is 2.62 bits per heavy atom. The molecule has 7 nitrogen and oxygen atoms in total. The van der Waals surface area contributed by atoms with Crippen molar-refractivity contribution in [3.8, 4) is 5.69 Å². The molecule has 0 bridgehead atoms. The molecule has 0 atom stereocenters. The Bertz CT molecular complexity index is 1450. The molecule has 0 aliphatic rings. The van der Waals surface area contributed by atoms with E-state index >= 15 is 0 Å². The first-order chi connectivity index (χ1) is 15.3. The van der Waals surface area contributed by atoms with Gasteiger partial charge in [-0.15, -0.1) is 0 Å². The molecule has 0 aliphatic heterocycles. The quantitative estimate of drug-likeness (QED) is 0.500. The Morgan fingerprint density at radius 2 is 1.91 bits per heavy atom. The lowest BCUT2D eigenvalue weighted by Gasteiger charge is -2.15. The number of amides is 1. The third-order valence-corrected chi connectivity index (χ3v) is 5.01. The highest BCUT2D eigenvalue weighted by molar-refractivity contribution is 6.31. The van der Waals surface area contributed by atoms with Gasteiger partial charge in [-0.3, -0.25) is 19.1 Å². The van der Waals surface area contributed by atoms with Gasteiger partial charge in [0.15, 0.2) is 0 Å². The summed E-state index contributed by atoms with van der Waals surface area (Å²) in [6, 6.07) is 10.2. The number of carbonyl (C=O) groups excluding carboxylic acids is 1. The van der Waals surface area contributed by atoms with Gasteiger partial charge in [0.25, 0.3) is 5.56 Å². The number of hydrogen-bond donors (Lipinski definition) is 1. The molecular weight excluding hydrogens is 442 g/mol. The molecule has 4 rings (SSSR count). The van der Waals surface area contributed by atoms with E-state index in [4.69, 9.17) is 11.6 Å². The van der Waals surface area contributed by atoms with Gasteiger partial charge in [0, 0.05) is 30.0 Å². The monoisotopic (exact) mass is 456 g/mol. The number of nitrogens with one attached hydrogen (secondary N) is 1. The highest BCUT2D eigenvalue weighted by Gasteiger charge is 2.19. The van der Waals surface area contributed by atoms with Crippen LogP contribution in [0.2, 0.25) is 5.02 Å². The van der Waals surface area contributed by atoms with E-state index in [1.165, 1.54) is 18.2 Å². The summed E-state index contributed by atoms with van der Waals surface area (Å²) in [5, 5.41) is 2.95. The zero-order chi connectivity index (χ0) is 22.8. The van der Waals surface area contributed by atoms with Crippen LogP contribution in [0.3, 0.4) is 0 Å². The Hall–Kier alpha value is -3.85. The smallest absolute Gasteiger partial charge is 0.336 e. The van der Waals surface area contributed by atoms with Crippen LogP contribution in [0.1, 0.15) is 5.56 Å². The molecule has 2 aromatic heterocycles. The largest absolute Gasteiger partial charge is 0.350 e. The maximum atomic E-state index is 14.4. The molecule has 2 aromatic carbocycles. The van der Waals surface area contributed by atoms with Crippen LogP contribution in [-0.4, -0.2) is 20.0 Å². The summed E-state index contributed by atoms with van der Waals surface area (Å²) in [6.07, 6.45) is 3.18. The van der Waals surface area contributed by atoms with Gasteiger partial charge in [0.2, 0.25) is 5.91 Å². The van der Waals surface area contributed by atoms with Crippen molar-refractivity contribution in [3.63, 3.8) is 0 Å². The van der Waals surface area contributed by atoms with E-state index in [0.29, 0.717) is 10.6 Å². The zero-order valence-electron chi connectivity index (χ0n) is 16.4. The van der Waals surface area contributed by atoms with Crippen LogP contribution in [0.25, 0.3) is 16.6 Å². The summed E-state index contributed by atoms with van der Waals surface area (Å²) in [5.41, 5.74) is -1.35. The van der Waals surface area contributed by atoms with Crippen LogP contribution in [0, 0.1) is 11.6 Å². The lowest BCUT2D eigenvalue weighted by atomic mass is 10.2. The summed E-state index contributed by atoms with van der Waals surface area (Å²) in [4.78, 5) is 42.7. The fraction of sp³-hybridized carbons (Fsp3) is 0.0909. The second kappa shape index (κ2) is 8.72. The molecule has 0 spiro atoms. The molecule has 32 heavy (non-hydrogen) atoms. The molecule has 1 N–H and O–H groups in total. The Morgan fingerprint density at radius 1 is 1.09 bits per heavy atom. The Labute approximate surface area is 184 Å². The van der Waals surface area contributed by atoms with Crippen molar-refractivity contribution in [1.82, 2.24) is 19.4 Å². The minimum atomic E-state index is -1.09. The Kier molecular flexibility index (Phi) is 5.83. The van der Waals surface area contributed by atoms with E-state index in [0.717, 1.165) is 22.3 Å². The van der Waals surface area contributed by atoms with Crippen LogP contribution in [-0.2, 0) is 17.9 Å². The molecule has 0 unspecified atom stereocenters. The number of pyridine rings is 1. The van der Waals surface area contributed by atoms with Crippen molar-refractivity contribution in [1.29, 1.82) is 0 Å². The maximum Gasteiger partial charge on any atom is 0.336 e. The summed E-state index contributed by atoms with van der Waals surface area (Å²) >= 11 is 6.04. The molecule has 0 fully saturated rings. The van der Waals surface area contributed by atoms with E-state index in [1.54, 1.807) is 24.5 Å². The highest BCUT2D eigenvalue weighted by atomic mass is 35.5. The van der Waals surface area contributed by atoms with E-state index in [2.05, 4.69) is 10.3 Å². The molecule has 0 saturated carbocycles. The minimum Gasteiger partial charge on any atom is -0.350 e. The highest BCUT2D eigenvalue weighted by Crippen LogP contribution is 2.18. The SMILES string of the molecule is O=C(Cn1c(=O)n(-c2ccc(F)cc2F)c(=O)c2ccc(Cl)cc21)NCc1cccnc1. The molecule has 162 valence electrons. The first kappa shape index (κ1) is 21.4. The van der Waals surface area contributed by atoms with Crippen molar-refractivity contribution in [2.24, 2.45) is 0 Å². The van der Waals surface area contributed by atoms with Gasteiger partial charge < -0.3 is 5.32 Å². The van der Waals surface area contributed by atoms with E-state index in [9.17, 15) is 23.2 Å². The zero-order valence-corrected chi connectivity index (χ0v) is 17.1. The molecule has 2 heterocycles. The fourth-order valence-corrected chi connectivity index (χ4v) is 3.44. The van der Waals surface area contributed by atoms with Gasteiger partial charge in [0.05, 0.1) is 16.6 Å². The van der Waals surface area contributed by atoms with Gasteiger partial charge in [0.1, 0.15) is 18.2 Å². The van der Waals surface area contributed by atoms with Crippen molar-refractivity contribution in [2.75, 3.05) is 0 Å². The van der Waals surface area contributed by atoms with Gasteiger partial charge in [-0.25, -0.2) is 18.1 Å². The molecule has 10 heteroatoms. The maximum absolute atomic E-state index is 14.4. The van der Waals surface area contributed by atoms with Crippen molar-refractivity contribution >= 4 is 28.4 Å². The van der Waals surface area contributed by atoms with Gasteiger partial charge in [-0.2, -0.15) is 0 Å². The van der Waals surface area contributed by atoms with Crippen LogP contribution >= 0.6 is 11.6 Å². The van der Waals surface area contributed by atoms with Gasteiger partial charge in [-0.1, -0.05) is 17.7 Å². The third kappa shape index (κ3) is 4.15. The number of carbonyl (C=O) groups is 1. The average molecular weight is 457 g/mol. The first-order valence-corrected chi connectivity index (χ1v) is 9.79. The second-order valence-electron chi connectivity index (χ2n) is 6.90. The lowest BCUT2D eigenvalue weighted by Crippen LogP contribution is -2.42. The minimum absolute atomic E-state index is 0.0396. The van der Waals surface area contributed by atoms with Crippen LogP contribution in [0.5, 0.6) is 0 Å². The number of halogens is 3. The summed E-state index contributed by atoms with van der Waals surface area (Å²) in [5.74, 6) is -2.48. The number of fused-ring (bicyclic) bond motifs is 1. The van der Waals surface area contributed by atoms with Gasteiger partial charge >= 0.3 is 5.69 Å². The molecule has 0 saturated heterocycles. The molecule has 0 aliphatic carbocycles. The molecule has 1 amide bonds. The third-order valence-electron chi connectivity index (χ3n) is 4.77. The average Bonchev–Trinajstić information content (AvgIpc) is 2.77. The van der Waals surface area contributed by atoms with Crippen LogP contribution in [0.15, 0.2) is 70.5 Å². The normalized spacial score (nSPS) is 11.0. The lowest BCUT2D eigenvalue weighted by molar-refractivity contribution is -0.121. The number of rotatable bonds is 5. The fourth-order valence-electron chi connectivity index (χ4n) is 3.27. The van der Waals surface area contributed by atoms with Crippen molar-refractivity contribution in [3.05, 3.63) is 104 Å². The number of aromatic nitrogens is 3. The van der Waals surface area contributed by atoms with Crippen LogP contribution < -0.4 is 16.6 Å². The predicted octanol–water partition coefficient (Wildman–Crippen LogP) is 2.80. The topological polar surface area (TPSA) is 86.0 Å². The van der Waals surface area contributed by atoms with E-state index < -0.39 is 41.0 Å². The second-order valence-corrected chi connectivity index (χ2v) is 7.34. The van der Waals surface area contributed by atoms with Crippen LogP contribution in [0.4, 0.5) is 8.78 Å². The van der Waals surface area contributed by atoms with E-state index in [1.807, 2.05) is 0 Å². The number of hydrogen-bond acceptors (Lipinski definition) is 4. The molecule has 4 aromatic rings. The number of benzene rings is 2. The first-order valence-electron chi connectivity index (χ1n) is 9.41. The Balaban J connectivity index is 1.82. The molecule has 0 radical (unpaired) electrons. The summed E-state index contributed by atoms with van der Waals surface area (Å²) in [6.45, 7) is -0.286. The van der Waals surface area contributed by atoms with E-state index in [-0.39, 0.29) is 22.5 Å². The predicted molar refractivity (Wildman–Crippen MR) is 115 cm³/mol. The summed E-state index contributed by atoms with van der Waals surface area (Å²) < 4.78 is 29.4. The van der Waals surface area contributed by atoms with Gasteiger partial charge in [-0.05, 0) is 42.0 Å².